The predicted molar refractivity (Wildman–Crippen MR) is 103 cm³/mol. The first-order valence-electron chi connectivity index (χ1n) is 9.73. The van der Waals surface area contributed by atoms with Crippen LogP contribution in [0, 0.1) is 18.2 Å². The van der Waals surface area contributed by atoms with Crippen LogP contribution in [0.25, 0.3) is 0 Å². The number of rotatable bonds is 3. The van der Waals surface area contributed by atoms with Crippen LogP contribution in [0.4, 0.5) is 18.9 Å². The minimum atomic E-state index is -3.11. The lowest BCUT2D eigenvalue weighted by Crippen LogP contribution is -2.52. The number of hydrogen-bond donors (Lipinski definition) is 1. The van der Waals surface area contributed by atoms with E-state index in [2.05, 4.69) is 15.3 Å². The van der Waals surface area contributed by atoms with Crippen molar-refractivity contribution in [3.63, 3.8) is 0 Å². The van der Waals surface area contributed by atoms with Crippen LogP contribution in [-0.2, 0) is 4.79 Å². The number of nitrogens with one attached hydrogen (secondary N) is 1. The van der Waals surface area contributed by atoms with Gasteiger partial charge in [-0.2, -0.15) is 0 Å². The number of hydrogen-bond acceptors (Lipinski definition) is 4. The molecule has 1 N–H and O–H groups in total. The minimum absolute atomic E-state index is 0.0876. The van der Waals surface area contributed by atoms with Crippen molar-refractivity contribution in [2.24, 2.45) is 5.41 Å². The Morgan fingerprint density at radius 2 is 2.07 bits per heavy atom. The fourth-order valence-electron chi connectivity index (χ4n) is 4.55. The van der Waals surface area contributed by atoms with Crippen molar-refractivity contribution in [3.8, 4) is 0 Å². The van der Waals surface area contributed by atoms with Gasteiger partial charge in [0.1, 0.15) is 17.3 Å². The SMILES string of the molecule is Cc1nccc(C(=O)N[C@@H]2CC(F)(F)C[C@@]3(CCN(c4cccc(F)c4)C3=O)C2)n1. The monoisotopic (exact) mass is 418 g/mol. The number of carbonyl (C=O) groups excluding carboxylic acids is 2. The molecule has 1 aliphatic heterocycles. The van der Waals surface area contributed by atoms with Crippen molar-refractivity contribution in [1.29, 1.82) is 0 Å². The maximum atomic E-state index is 14.6. The number of aromatic nitrogens is 2. The molecule has 158 valence electrons. The molecule has 0 unspecified atom stereocenters. The third-order valence-corrected chi connectivity index (χ3v) is 5.76. The summed E-state index contributed by atoms with van der Waals surface area (Å²) in [4.78, 5) is 35.0. The van der Waals surface area contributed by atoms with E-state index in [0.717, 1.165) is 0 Å². The normalized spacial score (nSPS) is 25.5. The molecule has 1 aromatic carbocycles. The van der Waals surface area contributed by atoms with Gasteiger partial charge < -0.3 is 10.2 Å². The molecule has 0 bridgehead atoms. The Hall–Kier alpha value is -2.97. The van der Waals surface area contributed by atoms with E-state index in [1.54, 1.807) is 13.0 Å². The molecule has 1 aliphatic carbocycles. The molecule has 2 fully saturated rings. The van der Waals surface area contributed by atoms with Gasteiger partial charge in [-0.3, -0.25) is 9.59 Å². The predicted octanol–water partition coefficient (Wildman–Crippen LogP) is 3.27. The number of benzene rings is 1. The molecule has 4 rings (SSSR count). The Balaban J connectivity index is 1.55. The number of nitrogens with zero attached hydrogens (tertiary/aromatic N) is 3. The van der Waals surface area contributed by atoms with Gasteiger partial charge >= 0.3 is 0 Å². The summed E-state index contributed by atoms with van der Waals surface area (Å²) in [5.41, 5.74) is -0.861. The third-order valence-electron chi connectivity index (χ3n) is 5.76. The van der Waals surface area contributed by atoms with Gasteiger partial charge in [-0.05, 0) is 44.0 Å². The highest BCUT2D eigenvalue weighted by atomic mass is 19.3. The van der Waals surface area contributed by atoms with E-state index in [1.807, 2.05) is 0 Å². The molecule has 2 aromatic rings. The zero-order valence-electron chi connectivity index (χ0n) is 16.4. The summed E-state index contributed by atoms with van der Waals surface area (Å²) in [5.74, 6) is -4.24. The maximum Gasteiger partial charge on any atom is 0.270 e. The van der Waals surface area contributed by atoms with E-state index in [9.17, 15) is 22.8 Å². The standard InChI is InChI=1S/C21H21F3N4O2/c1-13-25-7-5-17(26-13)18(29)27-15-10-20(12-21(23,24)11-15)6-8-28(19(20)30)16-4-2-3-14(22)9-16/h2-5,7,9,15H,6,8,10-12H2,1H3,(H,27,29)/t15-,20+/m0/s1. The number of amides is 2. The van der Waals surface area contributed by atoms with Crippen LogP contribution in [0.1, 0.15) is 42.0 Å². The first-order chi connectivity index (χ1) is 14.2. The van der Waals surface area contributed by atoms with Gasteiger partial charge in [-0.1, -0.05) is 6.07 Å². The molecule has 2 aliphatic rings. The van der Waals surface area contributed by atoms with E-state index in [4.69, 9.17) is 0 Å². The summed E-state index contributed by atoms with van der Waals surface area (Å²) < 4.78 is 42.8. The van der Waals surface area contributed by atoms with Crippen LogP contribution in [0.5, 0.6) is 0 Å². The van der Waals surface area contributed by atoms with E-state index in [1.165, 1.54) is 35.4 Å². The zero-order valence-corrected chi connectivity index (χ0v) is 16.4. The van der Waals surface area contributed by atoms with Crippen molar-refractivity contribution in [2.45, 2.75) is 44.6 Å². The first kappa shape index (κ1) is 20.3. The van der Waals surface area contributed by atoms with Crippen molar-refractivity contribution in [3.05, 3.63) is 53.9 Å². The van der Waals surface area contributed by atoms with Gasteiger partial charge in [0.15, 0.2) is 0 Å². The Morgan fingerprint density at radius 3 is 2.80 bits per heavy atom. The summed E-state index contributed by atoms with van der Waals surface area (Å²) >= 11 is 0. The Bertz CT molecular complexity index is 1000. The molecule has 1 spiro atoms. The van der Waals surface area contributed by atoms with Crippen molar-refractivity contribution < 1.29 is 22.8 Å². The van der Waals surface area contributed by atoms with E-state index < -0.39 is 47.9 Å². The average Bonchev–Trinajstić information content (AvgIpc) is 2.95. The lowest BCUT2D eigenvalue weighted by atomic mass is 9.69. The molecule has 2 heterocycles. The van der Waals surface area contributed by atoms with Crippen LogP contribution < -0.4 is 10.2 Å². The van der Waals surface area contributed by atoms with E-state index in [-0.39, 0.29) is 25.1 Å². The summed E-state index contributed by atoms with van der Waals surface area (Å²) in [6.45, 7) is 1.85. The number of halogens is 3. The number of anilines is 1. The Morgan fingerprint density at radius 1 is 1.27 bits per heavy atom. The Kier molecular flexibility index (Phi) is 4.99. The van der Waals surface area contributed by atoms with Crippen LogP contribution in [0.2, 0.25) is 0 Å². The smallest absolute Gasteiger partial charge is 0.270 e. The van der Waals surface area contributed by atoms with Crippen LogP contribution in [0.3, 0.4) is 0 Å². The van der Waals surface area contributed by atoms with Crippen LogP contribution >= 0.6 is 0 Å². The van der Waals surface area contributed by atoms with Crippen molar-refractivity contribution in [2.75, 3.05) is 11.4 Å². The number of carbonyl (C=O) groups is 2. The molecule has 30 heavy (non-hydrogen) atoms. The maximum absolute atomic E-state index is 14.6. The van der Waals surface area contributed by atoms with Crippen molar-refractivity contribution in [1.82, 2.24) is 15.3 Å². The molecule has 1 saturated heterocycles. The Labute approximate surface area is 171 Å². The molecule has 9 heteroatoms. The summed E-state index contributed by atoms with van der Waals surface area (Å²) in [6, 6.07) is 6.06. The second-order valence-corrected chi connectivity index (χ2v) is 8.07. The summed E-state index contributed by atoms with van der Waals surface area (Å²) in [7, 11) is 0. The van der Waals surface area contributed by atoms with E-state index >= 15 is 0 Å². The molecule has 0 radical (unpaired) electrons. The number of aryl methyl sites for hydroxylation is 1. The van der Waals surface area contributed by atoms with E-state index in [0.29, 0.717) is 11.5 Å². The highest BCUT2D eigenvalue weighted by molar-refractivity contribution is 6.00. The van der Waals surface area contributed by atoms with Gasteiger partial charge in [-0.25, -0.2) is 23.1 Å². The van der Waals surface area contributed by atoms with Gasteiger partial charge in [0.05, 0.1) is 5.41 Å². The highest BCUT2D eigenvalue weighted by Gasteiger charge is 2.57. The fourth-order valence-corrected chi connectivity index (χ4v) is 4.55. The molecule has 2 atom stereocenters. The molecular formula is C21H21F3N4O2. The third kappa shape index (κ3) is 3.88. The van der Waals surface area contributed by atoms with Gasteiger partial charge in [0, 0.05) is 37.3 Å². The fraction of sp³-hybridized carbons (Fsp3) is 0.429. The number of alkyl halides is 2. The van der Waals surface area contributed by atoms with Crippen molar-refractivity contribution >= 4 is 17.5 Å². The lowest BCUT2D eigenvalue weighted by molar-refractivity contribution is -0.140. The van der Waals surface area contributed by atoms with Crippen LogP contribution in [-0.4, -0.2) is 40.3 Å². The topological polar surface area (TPSA) is 75.2 Å². The van der Waals surface area contributed by atoms with Gasteiger partial charge in [-0.15, -0.1) is 0 Å². The van der Waals surface area contributed by atoms with Gasteiger partial charge in [0.2, 0.25) is 5.91 Å². The second kappa shape index (κ2) is 7.37. The molecule has 1 aromatic heterocycles. The molecule has 2 amide bonds. The lowest BCUT2D eigenvalue weighted by Gasteiger charge is -2.41. The second-order valence-electron chi connectivity index (χ2n) is 8.07. The zero-order chi connectivity index (χ0) is 21.5. The minimum Gasteiger partial charge on any atom is -0.348 e. The molecular weight excluding hydrogens is 397 g/mol. The highest BCUT2D eigenvalue weighted by Crippen LogP contribution is 2.51. The average molecular weight is 418 g/mol. The quantitative estimate of drug-likeness (QED) is 0.830. The molecule has 6 nitrogen and oxygen atoms in total. The summed E-state index contributed by atoms with van der Waals surface area (Å²) in [6.07, 6.45) is 0.618. The van der Waals surface area contributed by atoms with Gasteiger partial charge in [0.25, 0.3) is 11.8 Å². The van der Waals surface area contributed by atoms with Crippen LogP contribution in [0.15, 0.2) is 36.5 Å². The first-order valence-corrected chi connectivity index (χ1v) is 9.73. The largest absolute Gasteiger partial charge is 0.348 e. The summed E-state index contributed by atoms with van der Waals surface area (Å²) in [5, 5.41) is 2.61. The molecule has 1 saturated carbocycles.